The molecule has 0 aliphatic carbocycles. The normalized spacial score (nSPS) is 15.2. The predicted octanol–water partition coefficient (Wildman–Crippen LogP) is 2.26. The third-order valence-corrected chi connectivity index (χ3v) is 6.47. The summed E-state index contributed by atoms with van der Waals surface area (Å²) in [5, 5.41) is 17.8. The topological polar surface area (TPSA) is 143 Å². The van der Waals surface area contributed by atoms with Crippen molar-refractivity contribution in [3.63, 3.8) is 0 Å². The second kappa shape index (κ2) is 11.7. The fraction of sp³-hybridized carbons (Fsp3) is 0.385. The number of para-hydroxylation sites is 2. The van der Waals surface area contributed by atoms with Gasteiger partial charge in [0.15, 0.2) is 11.5 Å². The van der Waals surface area contributed by atoms with E-state index < -0.39 is 11.9 Å². The zero-order chi connectivity index (χ0) is 26.4. The maximum Gasteiger partial charge on any atom is 0.414 e. The van der Waals surface area contributed by atoms with Gasteiger partial charge in [-0.3, -0.25) is 9.69 Å². The van der Waals surface area contributed by atoms with Crippen LogP contribution in [0.5, 0.6) is 11.5 Å². The average molecular weight is 511 g/mol. The van der Waals surface area contributed by atoms with Gasteiger partial charge in [0.1, 0.15) is 5.82 Å². The van der Waals surface area contributed by atoms with Crippen LogP contribution in [0.1, 0.15) is 24.2 Å². The lowest BCUT2D eigenvalue weighted by Gasteiger charge is -2.31. The van der Waals surface area contributed by atoms with Crippen molar-refractivity contribution in [1.82, 2.24) is 19.8 Å². The van der Waals surface area contributed by atoms with Gasteiger partial charge in [-0.05, 0) is 68.6 Å². The number of carbonyl (C=O) groups is 3. The van der Waals surface area contributed by atoms with Crippen molar-refractivity contribution >= 4 is 28.9 Å². The number of nitrogens with one attached hydrogen (secondary N) is 1. The summed E-state index contributed by atoms with van der Waals surface area (Å²) < 4.78 is 13.1. The van der Waals surface area contributed by atoms with Crippen LogP contribution in [0.15, 0.2) is 42.5 Å². The molecular weight excluding hydrogens is 480 g/mol. The van der Waals surface area contributed by atoms with E-state index in [0.717, 1.165) is 60.9 Å². The second-order valence-electron chi connectivity index (χ2n) is 9.05. The number of hydrogen-bond acceptors (Lipinski definition) is 7. The fourth-order valence-electron chi connectivity index (χ4n) is 4.52. The number of likely N-dealkylation sites (tertiary alicyclic amines) is 1. The first-order valence-corrected chi connectivity index (χ1v) is 12.1. The van der Waals surface area contributed by atoms with E-state index in [2.05, 4.69) is 44.9 Å². The summed E-state index contributed by atoms with van der Waals surface area (Å²) in [7, 11) is 0. The first-order chi connectivity index (χ1) is 17.8. The predicted molar refractivity (Wildman–Crippen MR) is 133 cm³/mol. The highest BCUT2D eigenvalue weighted by molar-refractivity contribution is 6.27. The van der Waals surface area contributed by atoms with E-state index in [-0.39, 0.29) is 12.7 Å². The number of aryl methyl sites for hydroxylation is 1. The van der Waals surface area contributed by atoms with Crippen molar-refractivity contribution in [3.8, 4) is 11.5 Å². The largest absolute Gasteiger partial charge is 0.473 e. The molecule has 2 aliphatic rings. The van der Waals surface area contributed by atoms with Crippen molar-refractivity contribution in [2.75, 3.05) is 26.4 Å². The van der Waals surface area contributed by atoms with E-state index in [1.807, 2.05) is 24.3 Å². The van der Waals surface area contributed by atoms with Crippen molar-refractivity contribution in [2.24, 2.45) is 5.92 Å². The molecule has 3 N–H and O–H groups in total. The molecule has 1 fully saturated rings. The minimum Gasteiger partial charge on any atom is -0.473 e. The van der Waals surface area contributed by atoms with E-state index in [1.54, 1.807) is 0 Å². The Morgan fingerprint density at radius 3 is 2.46 bits per heavy atom. The van der Waals surface area contributed by atoms with Gasteiger partial charge in [-0.1, -0.05) is 18.2 Å². The minimum atomic E-state index is -1.82. The lowest BCUT2D eigenvalue weighted by molar-refractivity contribution is -0.159. The molecule has 2 aromatic carbocycles. The number of aliphatic carboxylic acids is 2. The van der Waals surface area contributed by atoms with E-state index in [1.165, 1.54) is 5.52 Å². The first-order valence-electron chi connectivity index (χ1n) is 12.1. The number of carboxylic acids is 2. The van der Waals surface area contributed by atoms with Gasteiger partial charge in [0, 0.05) is 13.1 Å². The summed E-state index contributed by atoms with van der Waals surface area (Å²) in [4.78, 5) is 37.6. The summed E-state index contributed by atoms with van der Waals surface area (Å²) in [6, 6.07) is 14.1. The minimum absolute atomic E-state index is 0.0626. The molecule has 11 nitrogen and oxygen atoms in total. The number of fused-ring (bicyclic) bond motifs is 2. The number of aromatic nitrogens is 2. The van der Waals surface area contributed by atoms with Crippen LogP contribution in [0.2, 0.25) is 0 Å². The van der Waals surface area contributed by atoms with Gasteiger partial charge >= 0.3 is 11.9 Å². The van der Waals surface area contributed by atoms with E-state index in [0.29, 0.717) is 19.0 Å². The first kappa shape index (κ1) is 26.0. The summed E-state index contributed by atoms with van der Waals surface area (Å²) in [6.07, 6.45) is 2.20. The third kappa shape index (κ3) is 6.76. The highest BCUT2D eigenvalue weighted by atomic mass is 16.7. The Morgan fingerprint density at radius 1 is 1.03 bits per heavy atom. The molecule has 2 aliphatic heterocycles. The summed E-state index contributed by atoms with van der Waals surface area (Å²) >= 11 is 0. The SMILES string of the molecule is Cc1nc2ccccc2n1CC1CCN(CC(=O)NCc2ccc3c(c2)OCO3)CC1.O=C(O)C(=O)O. The molecule has 1 aromatic heterocycles. The number of carboxylic acid groups (broad SMARTS) is 2. The Labute approximate surface area is 213 Å². The molecular formula is C26H30N4O7. The highest BCUT2D eigenvalue weighted by Crippen LogP contribution is 2.32. The van der Waals surface area contributed by atoms with Gasteiger partial charge < -0.3 is 29.6 Å². The Morgan fingerprint density at radius 2 is 1.73 bits per heavy atom. The Bertz CT molecular complexity index is 1270. The molecule has 0 radical (unpaired) electrons. The molecule has 196 valence electrons. The van der Waals surface area contributed by atoms with Crippen LogP contribution in [0.25, 0.3) is 11.0 Å². The average Bonchev–Trinajstić information content (AvgIpc) is 3.48. The number of benzene rings is 2. The Hall–Kier alpha value is -4.12. The molecule has 3 aromatic rings. The lowest BCUT2D eigenvalue weighted by Crippen LogP contribution is -2.41. The van der Waals surface area contributed by atoms with Crippen LogP contribution in [0, 0.1) is 12.8 Å². The fourth-order valence-corrected chi connectivity index (χ4v) is 4.52. The van der Waals surface area contributed by atoms with Crippen LogP contribution < -0.4 is 14.8 Å². The molecule has 1 amide bonds. The number of imidazole rings is 1. The van der Waals surface area contributed by atoms with E-state index >= 15 is 0 Å². The summed E-state index contributed by atoms with van der Waals surface area (Å²) in [5.74, 6) is -0.389. The van der Waals surface area contributed by atoms with Gasteiger partial charge in [0.2, 0.25) is 12.7 Å². The molecule has 0 saturated carbocycles. The number of rotatable bonds is 6. The number of ether oxygens (including phenoxy) is 2. The standard InChI is InChI=1S/C24H28N4O3.C2H2O4/c1-17-26-20-4-2-3-5-21(20)28(17)14-18-8-10-27(11-9-18)15-24(29)25-13-19-6-7-22-23(12-19)31-16-30-22;3-1(4)2(5)6/h2-7,12,18H,8-11,13-16H2,1H3,(H,25,29);(H,3,4)(H,5,6). The number of piperidine rings is 1. The number of nitrogens with zero attached hydrogens (tertiary/aromatic N) is 3. The smallest absolute Gasteiger partial charge is 0.414 e. The van der Waals surface area contributed by atoms with Crippen molar-refractivity contribution in [3.05, 3.63) is 53.9 Å². The van der Waals surface area contributed by atoms with Crippen LogP contribution in [0.3, 0.4) is 0 Å². The van der Waals surface area contributed by atoms with Gasteiger partial charge in [-0.25, -0.2) is 14.6 Å². The molecule has 0 spiro atoms. The van der Waals surface area contributed by atoms with E-state index in [4.69, 9.17) is 29.3 Å². The molecule has 37 heavy (non-hydrogen) atoms. The summed E-state index contributed by atoms with van der Waals surface area (Å²) in [6.45, 7) is 6.19. The highest BCUT2D eigenvalue weighted by Gasteiger charge is 2.22. The number of hydrogen-bond donors (Lipinski definition) is 3. The van der Waals surface area contributed by atoms with Crippen molar-refractivity contribution in [1.29, 1.82) is 0 Å². The lowest BCUT2D eigenvalue weighted by atomic mass is 9.96. The monoisotopic (exact) mass is 510 g/mol. The molecule has 0 atom stereocenters. The zero-order valence-corrected chi connectivity index (χ0v) is 20.6. The molecule has 5 rings (SSSR count). The molecule has 11 heteroatoms. The van der Waals surface area contributed by atoms with Gasteiger partial charge in [-0.15, -0.1) is 0 Å². The molecule has 1 saturated heterocycles. The van der Waals surface area contributed by atoms with Crippen molar-refractivity contribution < 1.29 is 34.1 Å². The Kier molecular flexibility index (Phi) is 8.24. The van der Waals surface area contributed by atoms with E-state index in [9.17, 15) is 4.79 Å². The van der Waals surface area contributed by atoms with Crippen molar-refractivity contribution in [2.45, 2.75) is 32.9 Å². The second-order valence-corrected chi connectivity index (χ2v) is 9.05. The van der Waals surface area contributed by atoms with Crippen LogP contribution >= 0.6 is 0 Å². The molecule has 0 bridgehead atoms. The molecule has 0 unspecified atom stereocenters. The number of carbonyl (C=O) groups excluding carboxylic acids is 1. The quantitative estimate of drug-likeness (QED) is 0.426. The van der Waals surface area contributed by atoms with Crippen LogP contribution in [-0.4, -0.2) is 68.9 Å². The van der Waals surface area contributed by atoms with Gasteiger partial charge in [0.05, 0.1) is 17.6 Å². The molecule has 3 heterocycles. The maximum atomic E-state index is 12.4. The third-order valence-electron chi connectivity index (χ3n) is 6.47. The van der Waals surface area contributed by atoms with Gasteiger partial charge in [-0.2, -0.15) is 0 Å². The Balaban J connectivity index is 0.000000480. The maximum absolute atomic E-state index is 12.4. The van der Waals surface area contributed by atoms with Crippen LogP contribution in [0.4, 0.5) is 0 Å². The van der Waals surface area contributed by atoms with Gasteiger partial charge in [0.25, 0.3) is 0 Å². The summed E-state index contributed by atoms with van der Waals surface area (Å²) in [5.41, 5.74) is 3.29. The zero-order valence-electron chi connectivity index (χ0n) is 20.6. The number of amides is 1. The van der Waals surface area contributed by atoms with Crippen LogP contribution in [-0.2, 0) is 27.5 Å².